The lowest BCUT2D eigenvalue weighted by molar-refractivity contribution is 0.288. The third kappa shape index (κ3) is 5.86. The molecule has 0 aliphatic rings. The summed E-state index contributed by atoms with van der Waals surface area (Å²) in [6.45, 7) is 10.1. The lowest BCUT2D eigenvalue weighted by Crippen LogP contribution is -2.30. The van der Waals surface area contributed by atoms with Gasteiger partial charge in [0, 0.05) is 23.1 Å². The fourth-order valence-corrected chi connectivity index (χ4v) is 3.71. The van der Waals surface area contributed by atoms with Gasteiger partial charge >= 0.3 is 0 Å². The van der Waals surface area contributed by atoms with E-state index in [1.807, 2.05) is 11.8 Å². The van der Waals surface area contributed by atoms with Gasteiger partial charge in [0.1, 0.15) is 0 Å². The summed E-state index contributed by atoms with van der Waals surface area (Å²) in [6, 6.07) is 9.21. The van der Waals surface area contributed by atoms with Gasteiger partial charge in [-0.2, -0.15) is 11.8 Å². The van der Waals surface area contributed by atoms with Crippen LogP contribution in [0.15, 0.2) is 24.3 Å². The Hall–Kier alpha value is -0.510. The Morgan fingerprint density at radius 2 is 1.85 bits per heavy atom. The molecule has 0 fully saturated rings. The summed E-state index contributed by atoms with van der Waals surface area (Å²) in [5, 5.41) is 13.7. The number of hydrogen-bond acceptors (Lipinski definition) is 3. The highest BCUT2D eigenvalue weighted by atomic mass is 32.2. The van der Waals surface area contributed by atoms with Gasteiger partial charge in [0.05, 0.1) is 0 Å². The van der Waals surface area contributed by atoms with Crippen LogP contribution in [0.5, 0.6) is 0 Å². The molecule has 114 valence electrons. The topological polar surface area (TPSA) is 32.3 Å². The molecule has 3 heteroatoms. The summed E-state index contributed by atoms with van der Waals surface area (Å²) < 4.78 is 0. The molecule has 1 aromatic rings. The van der Waals surface area contributed by atoms with Gasteiger partial charge in [-0.1, -0.05) is 50.6 Å². The fraction of sp³-hybridized carbons (Fsp3) is 0.647. The predicted molar refractivity (Wildman–Crippen MR) is 90.4 cm³/mol. The normalized spacial score (nSPS) is 15.8. The molecule has 3 atom stereocenters. The zero-order valence-electron chi connectivity index (χ0n) is 13.2. The Bertz CT molecular complexity index is 366. The van der Waals surface area contributed by atoms with E-state index >= 15 is 0 Å². The van der Waals surface area contributed by atoms with E-state index in [1.165, 1.54) is 11.1 Å². The zero-order chi connectivity index (χ0) is 15.0. The molecular formula is C17H29NOS. The second-order valence-electron chi connectivity index (χ2n) is 5.51. The van der Waals surface area contributed by atoms with Crippen LogP contribution in [0.1, 0.15) is 50.8 Å². The van der Waals surface area contributed by atoms with E-state index in [1.54, 1.807) is 0 Å². The summed E-state index contributed by atoms with van der Waals surface area (Å²) in [4.78, 5) is 0. The van der Waals surface area contributed by atoms with Crippen molar-refractivity contribution in [1.29, 1.82) is 0 Å². The first kappa shape index (κ1) is 17.5. The minimum Gasteiger partial charge on any atom is -0.396 e. The van der Waals surface area contributed by atoms with E-state index in [4.69, 9.17) is 5.11 Å². The number of aryl methyl sites for hydroxylation is 1. The summed E-state index contributed by atoms with van der Waals surface area (Å²) in [5.41, 5.74) is 2.66. The number of rotatable bonds is 9. The van der Waals surface area contributed by atoms with Crippen molar-refractivity contribution in [1.82, 2.24) is 5.32 Å². The van der Waals surface area contributed by atoms with Gasteiger partial charge in [-0.3, -0.25) is 0 Å². The second kappa shape index (κ2) is 9.43. The van der Waals surface area contributed by atoms with Gasteiger partial charge in [-0.15, -0.1) is 0 Å². The molecule has 0 bridgehead atoms. The average Bonchev–Trinajstić information content (AvgIpc) is 2.41. The van der Waals surface area contributed by atoms with Crippen molar-refractivity contribution in [3.05, 3.63) is 35.4 Å². The first-order chi connectivity index (χ1) is 9.58. The molecule has 1 rings (SSSR count). The largest absolute Gasteiger partial charge is 0.396 e. The highest BCUT2D eigenvalue weighted by Crippen LogP contribution is 2.30. The molecule has 0 saturated carbocycles. The van der Waals surface area contributed by atoms with Crippen molar-refractivity contribution >= 4 is 11.8 Å². The van der Waals surface area contributed by atoms with Crippen LogP contribution in [0.3, 0.4) is 0 Å². The maximum absolute atomic E-state index is 9.05. The van der Waals surface area contributed by atoms with E-state index in [2.05, 4.69) is 57.3 Å². The average molecular weight is 295 g/mol. The van der Waals surface area contributed by atoms with Crippen LogP contribution in [-0.4, -0.2) is 28.8 Å². The second-order valence-corrected chi connectivity index (χ2v) is 7.33. The lowest BCUT2D eigenvalue weighted by atomic mass is 10.0. The minimum absolute atomic E-state index is 0.276. The maximum atomic E-state index is 9.05. The SMILES string of the molecule is CCCNC(c1ccc(C)cc1)C(C)SC(C)CCO. The minimum atomic E-state index is 0.276. The smallest absolute Gasteiger partial charge is 0.0441 e. The Morgan fingerprint density at radius 1 is 1.20 bits per heavy atom. The first-order valence-corrected chi connectivity index (χ1v) is 8.59. The van der Waals surface area contributed by atoms with Gasteiger partial charge in [0.2, 0.25) is 0 Å². The first-order valence-electron chi connectivity index (χ1n) is 7.64. The van der Waals surface area contributed by atoms with Crippen LogP contribution in [0.25, 0.3) is 0 Å². The summed E-state index contributed by atoms with van der Waals surface area (Å²) in [7, 11) is 0. The van der Waals surface area contributed by atoms with Crippen LogP contribution < -0.4 is 5.32 Å². The van der Waals surface area contributed by atoms with Crippen molar-refractivity contribution < 1.29 is 5.11 Å². The summed E-state index contributed by atoms with van der Waals surface area (Å²) >= 11 is 1.96. The van der Waals surface area contributed by atoms with Crippen molar-refractivity contribution in [2.24, 2.45) is 0 Å². The molecule has 0 heterocycles. The van der Waals surface area contributed by atoms with Gasteiger partial charge in [-0.25, -0.2) is 0 Å². The summed E-state index contributed by atoms with van der Waals surface area (Å²) in [6.07, 6.45) is 2.01. The third-order valence-electron chi connectivity index (χ3n) is 3.50. The monoisotopic (exact) mass is 295 g/mol. The molecule has 20 heavy (non-hydrogen) atoms. The summed E-state index contributed by atoms with van der Waals surface area (Å²) in [5.74, 6) is 0. The van der Waals surface area contributed by atoms with Crippen LogP contribution >= 0.6 is 11.8 Å². The molecule has 0 spiro atoms. The molecule has 0 aromatic heterocycles. The Labute approximate surface area is 128 Å². The standard InChI is InChI=1S/C17H29NOS/c1-5-11-18-17(15(4)20-14(3)10-12-19)16-8-6-13(2)7-9-16/h6-9,14-15,17-19H,5,10-12H2,1-4H3. The molecule has 2 N–H and O–H groups in total. The maximum Gasteiger partial charge on any atom is 0.0441 e. The molecule has 0 aliphatic carbocycles. The number of hydrogen-bond donors (Lipinski definition) is 2. The van der Waals surface area contributed by atoms with Gasteiger partial charge in [-0.05, 0) is 31.9 Å². The molecule has 3 unspecified atom stereocenters. The quantitative estimate of drug-likeness (QED) is 0.724. The number of nitrogens with one attached hydrogen (secondary N) is 1. The van der Waals surface area contributed by atoms with Crippen LogP contribution in [-0.2, 0) is 0 Å². The molecule has 1 aromatic carbocycles. The molecule has 0 radical (unpaired) electrons. The molecule has 2 nitrogen and oxygen atoms in total. The zero-order valence-corrected chi connectivity index (χ0v) is 14.0. The van der Waals surface area contributed by atoms with Crippen LogP contribution in [0.2, 0.25) is 0 Å². The van der Waals surface area contributed by atoms with E-state index in [-0.39, 0.29) is 6.61 Å². The Balaban J connectivity index is 2.74. The number of benzene rings is 1. The van der Waals surface area contributed by atoms with Crippen molar-refractivity contribution in [3.63, 3.8) is 0 Å². The van der Waals surface area contributed by atoms with Gasteiger partial charge in [0.25, 0.3) is 0 Å². The van der Waals surface area contributed by atoms with Gasteiger partial charge < -0.3 is 10.4 Å². The van der Waals surface area contributed by atoms with Gasteiger partial charge in [0.15, 0.2) is 0 Å². The number of aliphatic hydroxyl groups excluding tert-OH is 1. The highest BCUT2D eigenvalue weighted by Gasteiger charge is 2.21. The molecule has 0 amide bonds. The highest BCUT2D eigenvalue weighted by molar-refractivity contribution is 8.00. The third-order valence-corrected chi connectivity index (χ3v) is 4.90. The fourth-order valence-electron chi connectivity index (χ4n) is 2.32. The van der Waals surface area contributed by atoms with Crippen molar-refractivity contribution in [2.75, 3.05) is 13.2 Å². The van der Waals surface area contributed by atoms with E-state index in [0.717, 1.165) is 19.4 Å². The van der Waals surface area contributed by atoms with Crippen LogP contribution in [0.4, 0.5) is 0 Å². The predicted octanol–water partition coefficient (Wildman–Crippen LogP) is 3.93. The molecule has 0 aliphatic heterocycles. The Kier molecular flexibility index (Phi) is 8.27. The molecular weight excluding hydrogens is 266 g/mol. The van der Waals surface area contributed by atoms with Crippen molar-refractivity contribution in [2.45, 2.75) is 57.1 Å². The van der Waals surface area contributed by atoms with E-state index in [9.17, 15) is 0 Å². The molecule has 0 saturated heterocycles. The number of thioether (sulfide) groups is 1. The number of aliphatic hydroxyl groups is 1. The van der Waals surface area contributed by atoms with E-state index in [0.29, 0.717) is 16.5 Å². The van der Waals surface area contributed by atoms with Crippen LogP contribution in [0, 0.1) is 6.92 Å². The lowest BCUT2D eigenvalue weighted by Gasteiger charge is -2.27. The van der Waals surface area contributed by atoms with Crippen molar-refractivity contribution in [3.8, 4) is 0 Å². The Morgan fingerprint density at radius 3 is 2.40 bits per heavy atom. The van der Waals surface area contributed by atoms with E-state index < -0.39 is 0 Å².